The first-order valence-corrected chi connectivity index (χ1v) is 9.73. The predicted molar refractivity (Wildman–Crippen MR) is 103 cm³/mol. The molecule has 1 aromatic carbocycles. The summed E-state index contributed by atoms with van der Waals surface area (Å²) >= 11 is 2.82. The summed E-state index contributed by atoms with van der Waals surface area (Å²) in [5, 5.41) is 11.2. The first-order valence-electron chi connectivity index (χ1n) is 7.93. The Morgan fingerprint density at radius 1 is 1.46 bits per heavy atom. The summed E-state index contributed by atoms with van der Waals surface area (Å²) in [6.45, 7) is 4.00. The molecule has 2 amide bonds. The van der Waals surface area contributed by atoms with E-state index in [4.69, 9.17) is 4.74 Å². The van der Waals surface area contributed by atoms with Crippen LogP contribution in [0.2, 0.25) is 0 Å². The Labute approximate surface area is 159 Å². The lowest BCUT2D eigenvalue weighted by atomic mass is 10.1. The summed E-state index contributed by atoms with van der Waals surface area (Å²) in [7, 11) is 1.59. The number of ether oxygens (including phenoxy) is 1. The van der Waals surface area contributed by atoms with Crippen molar-refractivity contribution in [2.24, 2.45) is 5.92 Å². The van der Waals surface area contributed by atoms with Gasteiger partial charge in [0.1, 0.15) is 5.75 Å². The minimum absolute atomic E-state index is 0.0743. The fourth-order valence-corrected chi connectivity index (χ4v) is 4.07. The van der Waals surface area contributed by atoms with Crippen molar-refractivity contribution in [1.29, 1.82) is 0 Å². The molecule has 0 unspecified atom stereocenters. The molecule has 136 valence electrons. The molecule has 1 aliphatic heterocycles. The molecule has 1 aliphatic rings. The monoisotopic (exact) mass is 390 g/mol. The summed E-state index contributed by atoms with van der Waals surface area (Å²) in [5.74, 6) is 0.741. The van der Waals surface area contributed by atoms with E-state index in [1.54, 1.807) is 30.2 Å². The van der Waals surface area contributed by atoms with E-state index < -0.39 is 5.92 Å². The van der Waals surface area contributed by atoms with E-state index in [1.165, 1.54) is 23.1 Å². The number of methoxy groups -OCH3 is 1. The molecule has 1 saturated heterocycles. The zero-order valence-electron chi connectivity index (χ0n) is 14.2. The third-order valence-electron chi connectivity index (χ3n) is 3.84. The van der Waals surface area contributed by atoms with Crippen LogP contribution in [0.25, 0.3) is 0 Å². The molecular formula is C17H18N4O3S2. The quantitative estimate of drug-likeness (QED) is 0.445. The number of nitrogens with one attached hydrogen (secondary N) is 1. The topological polar surface area (TPSA) is 84.4 Å². The average molecular weight is 390 g/mol. The summed E-state index contributed by atoms with van der Waals surface area (Å²) in [6.07, 6.45) is 1.96. The lowest BCUT2D eigenvalue weighted by molar-refractivity contribution is -0.122. The van der Waals surface area contributed by atoms with Crippen molar-refractivity contribution in [3.8, 4) is 5.75 Å². The van der Waals surface area contributed by atoms with Crippen molar-refractivity contribution < 1.29 is 14.3 Å². The number of carbonyl (C=O) groups excluding carboxylic acids is 2. The number of hydrogen-bond donors (Lipinski definition) is 1. The van der Waals surface area contributed by atoms with Crippen LogP contribution in [0.15, 0.2) is 41.3 Å². The number of thioether (sulfide) groups is 1. The minimum atomic E-state index is -0.419. The molecule has 7 nitrogen and oxygen atoms in total. The molecule has 0 saturated carbocycles. The molecule has 1 N–H and O–H groups in total. The molecule has 9 heteroatoms. The van der Waals surface area contributed by atoms with E-state index >= 15 is 0 Å². The van der Waals surface area contributed by atoms with Crippen molar-refractivity contribution in [1.82, 2.24) is 10.2 Å². The van der Waals surface area contributed by atoms with Gasteiger partial charge in [0.2, 0.25) is 16.9 Å². The Morgan fingerprint density at radius 3 is 2.92 bits per heavy atom. The second-order valence-corrected chi connectivity index (χ2v) is 7.81. The smallest absolute Gasteiger partial charge is 0.231 e. The maximum absolute atomic E-state index is 12.5. The Morgan fingerprint density at radius 2 is 2.23 bits per heavy atom. The first-order chi connectivity index (χ1) is 12.6. The number of nitrogens with zero attached hydrogens (tertiary/aromatic N) is 3. The van der Waals surface area contributed by atoms with Crippen LogP contribution in [-0.2, 0) is 9.59 Å². The highest BCUT2D eigenvalue weighted by molar-refractivity contribution is 8.01. The molecule has 2 aromatic rings. The Hall–Kier alpha value is -2.39. The third-order valence-corrected chi connectivity index (χ3v) is 5.81. The number of rotatable bonds is 7. The summed E-state index contributed by atoms with van der Waals surface area (Å²) in [6, 6.07) is 7.20. The van der Waals surface area contributed by atoms with Crippen LogP contribution >= 0.6 is 23.1 Å². The van der Waals surface area contributed by atoms with Gasteiger partial charge in [0.25, 0.3) is 0 Å². The van der Waals surface area contributed by atoms with Crippen molar-refractivity contribution in [2.75, 3.05) is 29.6 Å². The van der Waals surface area contributed by atoms with Gasteiger partial charge >= 0.3 is 0 Å². The molecule has 0 radical (unpaired) electrons. The van der Waals surface area contributed by atoms with E-state index in [1.807, 2.05) is 12.1 Å². The van der Waals surface area contributed by atoms with Crippen LogP contribution in [0.5, 0.6) is 5.75 Å². The average Bonchev–Trinajstić information content (AvgIpc) is 3.26. The molecule has 1 atom stereocenters. The highest BCUT2D eigenvalue weighted by Crippen LogP contribution is 2.29. The van der Waals surface area contributed by atoms with Crippen LogP contribution in [-0.4, -0.2) is 41.4 Å². The molecule has 3 rings (SSSR count). The van der Waals surface area contributed by atoms with Crippen LogP contribution in [0, 0.1) is 5.92 Å². The van der Waals surface area contributed by atoms with Crippen molar-refractivity contribution in [3.63, 3.8) is 0 Å². The summed E-state index contributed by atoms with van der Waals surface area (Å²) < 4.78 is 5.89. The highest BCUT2D eigenvalue weighted by Gasteiger charge is 2.35. The second-order valence-electron chi connectivity index (χ2n) is 5.57. The predicted octanol–water partition coefficient (Wildman–Crippen LogP) is 2.82. The van der Waals surface area contributed by atoms with Gasteiger partial charge in [0.05, 0.1) is 13.0 Å². The van der Waals surface area contributed by atoms with E-state index in [0.717, 1.165) is 21.5 Å². The van der Waals surface area contributed by atoms with Gasteiger partial charge in [0.15, 0.2) is 4.34 Å². The van der Waals surface area contributed by atoms with E-state index in [2.05, 4.69) is 22.1 Å². The molecule has 0 bridgehead atoms. The van der Waals surface area contributed by atoms with Gasteiger partial charge in [-0.1, -0.05) is 29.2 Å². The maximum Gasteiger partial charge on any atom is 0.231 e. The molecule has 1 aromatic heterocycles. The molecule has 0 spiro atoms. The van der Waals surface area contributed by atoms with Crippen LogP contribution in [0.1, 0.15) is 6.42 Å². The molecule has 26 heavy (non-hydrogen) atoms. The van der Waals surface area contributed by atoms with Crippen LogP contribution in [0.3, 0.4) is 0 Å². The maximum atomic E-state index is 12.5. The number of aromatic nitrogens is 2. The number of amides is 2. The zero-order valence-corrected chi connectivity index (χ0v) is 15.8. The number of carbonyl (C=O) groups is 2. The molecule has 1 fully saturated rings. The van der Waals surface area contributed by atoms with Crippen molar-refractivity contribution in [3.05, 3.63) is 36.9 Å². The molecular weight excluding hydrogens is 372 g/mol. The standard InChI is InChI=1S/C17H18N4O3S2/c1-3-8-25-17-20-19-16(26-17)18-15(23)11-9-14(22)21(10-11)12-4-6-13(24-2)7-5-12/h3-7,11H,1,8-10H2,2H3,(H,18,19,23)/t11-/m1/s1. The van der Waals surface area contributed by atoms with E-state index in [9.17, 15) is 9.59 Å². The first kappa shape index (κ1) is 18.4. The van der Waals surface area contributed by atoms with Crippen LogP contribution in [0.4, 0.5) is 10.8 Å². The second kappa shape index (κ2) is 8.33. The van der Waals surface area contributed by atoms with Gasteiger partial charge in [-0.2, -0.15) is 0 Å². The number of hydrogen-bond acceptors (Lipinski definition) is 7. The van der Waals surface area contributed by atoms with Crippen molar-refractivity contribution in [2.45, 2.75) is 10.8 Å². The minimum Gasteiger partial charge on any atom is -0.497 e. The Kier molecular flexibility index (Phi) is 5.89. The Balaban J connectivity index is 1.61. The third kappa shape index (κ3) is 4.23. The number of anilines is 2. The van der Waals surface area contributed by atoms with Gasteiger partial charge in [-0.3, -0.25) is 9.59 Å². The lowest BCUT2D eigenvalue weighted by Crippen LogP contribution is -2.28. The SMILES string of the molecule is C=CCSc1nnc(NC(=O)[C@@H]2CC(=O)N(c3ccc(OC)cc3)C2)s1. The largest absolute Gasteiger partial charge is 0.497 e. The van der Waals surface area contributed by atoms with Gasteiger partial charge < -0.3 is 15.0 Å². The number of benzene rings is 1. The molecule has 0 aliphatic carbocycles. The normalized spacial score (nSPS) is 16.6. The van der Waals surface area contributed by atoms with E-state index in [-0.39, 0.29) is 18.2 Å². The lowest BCUT2D eigenvalue weighted by Gasteiger charge is -2.16. The zero-order chi connectivity index (χ0) is 18.5. The van der Waals surface area contributed by atoms with Gasteiger partial charge in [0, 0.05) is 24.4 Å². The molecule has 2 heterocycles. The van der Waals surface area contributed by atoms with Gasteiger partial charge in [-0.05, 0) is 24.3 Å². The summed E-state index contributed by atoms with van der Waals surface area (Å²) in [5.41, 5.74) is 0.755. The van der Waals surface area contributed by atoms with Crippen LogP contribution < -0.4 is 15.0 Å². The Bertz CT molecular complexity index is 807. The van der Waals surface area contributed by atoms with Gasteiger partial charge in [-0.15, -0.1) is 16.8 Å². The fourth-order valence-electron chi connectivity index (χ4n) is 2.55. The van der Waals surface area contributed by atoms with E-state index in [0.29, 0.717) is 11.7 Å². The highest BCUT2D eigenvalue weighted by atomic mass is 32.2. The van der Waals surface area contributed by atoms with Gasteiger partial charge in [-0.25, -0.2) is 0 Å². The van der Waals surface area contributed by atoms with Crippen molar-refractivity contribution >= 4 is 45.7 Å². The fraction of sp³-hybridized carbons (Fsp3) is 0.294. The summed E-state index contributed by atoms with van der Waals surface area (Å²) in [4.78, 5) is 26.4.